The number of imidazole rings is 1. The van der Waals surface area contributed by atoms with Gasteiger partial charge < -0.3 is 37.5 Å². The van der Waals surface area contributed by atoms with Gasteiger partial charge in [-0.2, -0.15) is 11.8 Å². The molecule has 180 valence electrons. The highest BCUT2D eigenvalue weighted by Gasteiger charge is 2.25. The number of carbonyl (C=O) groups is 4. The topological polar surface area (TPSA) is 205 Å². The molecule has 13 heteroatoms. The first-order chi connectivity index (χ1) is 15.3. The summed E-state index contributed by atoms with van der Waals surface area (Å²) < 4.78 is 0. The predicted molar refractivity (Wildman–Crippen MR) is 121 cm³/mol. The molecule has 0 bridgehead atoms. The van der Waals surface area contributed by atoms with E-state index in [1.54, 1.807) is 11.8 Å². The molecule has 1 aromatic rings. The van der Waals surface area contributed by atoms with Gasteiger partial charge in [0.1, 0.15) is 12.1 Å². The molecule has 0 aliphatic rings. The first-order valence-corrected chi connectivity index (χ1v) is 11.7. The van der Waals surface area contributed by atoms with Crippen molar-refractivity contribution < 1.29 is 24.3 Å². The molecule has 0 spiro atoms. The van der Waals surface area contributed by atoms with Gasteiger partial charge in [-0.15, -0.1) is 0 Å². The van der Waals surface area contributed by atoms with Gasteiger partial charge in [0.2, 0.25) is 17.7 Å². The molecule has 0 saturated heterocycles. The Morgan fingerprint density at radius 3 is 2.50 bits per heavy atom. The summed E-state index contributed by atoms with van der Waals surface area (Å²) in [6, 6.07) is -2.80. The summed E-state index contributed by atoms with van der Waals surface area (Å²) >= 11 is 1.56. The number of H-pyrrole nitrogens is 1. The van der Waals surface area contributed by atoms with Crippen LogP contribution in [0.4, 0.5) is 0 Å². The Morgan fingerprint density at radius 1 is 1.16 bits per heavy atom. The second kappa shape index (κ2) is 15.2. The lowest BCUT2D eigenvalue weighted by molar-refractivity contribution is -0.141. The van der Waals surface area contributed by atoms with E-state index in [4.69, 9.17) is 11.5 Å². The molecule has 9 N–H and O–H groups in total. The molecule has 0 fully saturated rings. The van der Waals surface area contributed by atoms with Crippen LogP contribution in [0, 0.1) is 0 Å². The molecule has 0 aliphatic heterocycles. The van der Waals surface area contributed by atoms with Crippen LogP contribution in [0.15, 0.2) is 12.5 Å². The normalized spacial score (nSPS) is 13.6. The summed E-state index contributed by atoms with van der Waals surface area (Å²) in [5.74, 6) is -2.17. The Morgan fingerprint density at radius 2 is 1.91 bits per heavy atom. The molecule has 12 nitrogen and oxygen atoms in total. The molecule has 1 rings (SSSR count). The number of aliphatic carboxylic acids is 1. The Kier molecular flexibility index (Phi) is 13.0. The van der Waals surface area contributed by atoms with Crippen LogP contribution >= 0.6 is 11.8 Å². The minimum atomic E-state index is -1.22. The highest BCUT2D eigenvalue weighted by atomic mass is 32.2. The van der Waals surface area contributed by atoms with Crippen LogP contribution < -0.4 is 27.4 Å². The number of aromatic amines is 1. The number of nitrogens with one attached hydrogen (secondary N) is 4. The van der Waals surface area contributed by atoms with E-state index in [2.05, 4.69) is 25.9 Å². The summed E-state index contributed by atoms with van der Waals surface area (Å²) in [6.07, 6.45) is 6.87. The SMILES string of the molecule is CSCCC(N)C(=O)NC(CCCCN)C(=O)NCC(=O)NC(Cc1cnc[nH]1)C(=O)O. The molecular weight excluding hydrogens is 438 g/mol. The van der Waals surface area contributed by atoms with Crippen molar-refractivity contribution in [2.75, 3.05) is 25.1 Å². The molecule has 0 aromatic carbocycles. The largest absolute Gasteiger partial charge is 0.480 e. The zero-order valence-corrected chi connectivity index (χ0v) is 19.0. The standard InChI is InChI=1S/C19H33N7O5S/c1-32-7-5-13(21)17(28)26-14(4-2-3-6-20)18(29)23-10-16(27)25-15(19(30)31)8-12-9-22-11-24-12/h9,11,13-15H,2-8,10,20-21H2,1H3,(H,22,24)(H,23,29)(H,25,27)(H,26,28)(H,30,31). The number of hydrogen-bond donors (Lipinski definition) is 7. The van der Waals surface area contributed by atoms with Gasteiger partial charge in [0, 0.05) is 18.3 Å². The van der Waals surface area contributed by atoms with Crippen LogP contribution in [0.25, 0.3) is 0 Å². The average molecular weight is 472 g/mol. The molecule has 1 aromatic heterocycles. The van der Waals surface area contributed by atoms with Gasteiger partial charge >= 0.3 is 5.97 Å². The Hall–Kier alpha value is -2.64. The fourth-order valence-electron chi connectivity index (χ4n) is 2.77. The van der Waals surface area contributed by atoms with Gasteiger partial charge in [-0.1, -0.05) is 0 Å². The van der Waals surface area contributed by atoms with Gasteiger partial charge in [0.25, 0.3) is 0 Å². The lowest BCUT2D eigenvalue weighted by atomic mass is 10.1. The molecule has 0 saturated carbocycles. The van der Waals surface area contributed by atoms with Gasteiger partial charge in [-0.25, -0.2) is 9.78 Å². The highest BCUT2D eigenvalue weighted by Crippen LogP contribution is 2.04. The smallest absolute Gasteiger partial charge is 0.326 e. The van der Waals surface area contributed by atoms with Gasteiger partial charge in [0.15, 0.2) is 0 Å². The molecule has 0 aliphatic carbocycles. The van der Waals surface area contributed by atoms with Crippen molar-refractivity contribution >= 4 is 35.5 Å². The number of aromatic nitrogens is 2. The summed E-state index contributed by atoms with van der Waals surface area (Å²) in [6.45, 7) is 0.0121. The third-order valence-electron chi connectivity index (χ3n) is 4.59. The van der Waals surface area contributed by atoms with E-state index in [0.717, 1.165) is 0 Å². The lowest BCUT2D eigenvalue weighted by Gasteiger charge is -2.21. The van der Waals surface area contributed by atoms with E-state index >= 15 is 0 Å². The Labute approximate surface area is 191 Å². The van der Waals surface area contributed by atoms with Crippen LogP contribution in [0.3, 0.4) is 0 Å². The number of nitrogens with two attached hydrogens (primary N) is 2. The number of nitrogens with zero attached hydrogens (tertiary/aromatic N) is 1. The fraction of sp³-hybridized carbons (Fsp3) is 0.632. The van der Waals surface area contributed by atoms with Crippen molar-refractivity contribution in [3.8, 4) is 0 Å². The van der Waals surface area contributed by atoms with Crippen molar-refractivity contribution in [2.45, 2.75) is 50.2 Å². The number of carboxylic acid groups (broad SMARTS) is 1. The summed E-state index contributed by atoms with van der Waals surface area (Å²) in [5.41, 5.74) is 11.9. The Bertz CT molecular complexity index is 732. The Balaban J connectivity index is 2.61. The van der Waals surface area contributed by atoms with E-state index in [0.29, 0.717) is 43.7 Å². The molecule has 3 atom stereocenters. The summed E-state index contributed by atoms with van der Waals surface area (Å²) in [4.78, 5) is 55.0. The molecule has 32 heavy (non-hydrogen) atoms. The average Bonchev–Trinajstić information content (AvgIpc) is 3.27. The summed E-state index contributed by atoms with van der Waals surface area (Å²) in [7, 11) is 0. The number of unbranched alkanes of at least 4 members (excludes halogenated alkanes) is 1. The van der Waals surface area contributed by atoms with E-state index in [-0.39, 0.29) is 6.42 Å². The number of carboxylic acids is 1. The first-order valence-electron chi connectivity index (χ1n) is 10.3. The highest BCUT2D eigenvalue weighted by molar-refractivity contribution is 7.98. The third kappa shape index (κ3) is 10.6. The predicted octanol–water partition coefficient (Wildman–Crippen LogP) is -1.67. The van der Waals surface area contributed by atoms with Crippen molar-refractivity contribution in [1.82, 2.24) is 25.9 Å². The zero-order chi connectivity index (χ0) is 23.9. The fourth-order valence-corrected chi connectivity index (χ4v) is 3.26. The number of thioether (sulfide) groups is 1. The van der Waals surface area contributed by atoms with E-state index in [9.17, 15) is 24.3 Å². The third-order valence-corrected chi connectivity index (χ3v) is 5.23. The second-order valence-corrected chi connectivity index (χ2v) is 8.18. The monoisotopic (exact) mass is 471 g/mol. The maximum atomic E-state index is 12.6. The van der Waals surface area contributed by atoms with E-state index < -0.39 is 48.4 Å². The lowest BCUT2D eigenvalue weighted by Crippen LogP contribution is -2.53. The number of rotatable bonds is 16. The van der Waals surface area contributed by atoms with Gasteiger partial charge in [-0.05, 0) is 44.2 Å². The second-order valence-electron chi connectivity index (χ2n) is 7.19. The van der Waals surface area contributed by atoms with Crippen molar-refractivity contribution in [3.63, 3.8) is 0 Å². The van der Waals surface area contributed by atoms with Gasteiger partial charge in [-0.3, -0.25) is 14.4 Å². The van der Waals surface area contributed by atoms with Crippen LogP contribution in [0.2, 0.25) is 0 Å². The minimum absolute atomic E-state index is 0.0146. The molecule has 0 radical (unpaired) electrons. The number of carbonyl (C=O) groups excluding carboxylic acids is 3. The van der Waals surface area contributed by atoms with Crippen LogP contribution in [0.5, 0.6) is 0 Å². The minimum Gasteiger partial charge on any atom is -0.480 e. The van der Waals surface area contributed by atoms with Crippen molar-refractivity contribution in [2.24, 2.45) is 11.5 Å². The van der Waals surface area contributed by atoms with E-state index in [1.165, 1.54) is 12.5 Å². The van der Waals surface area contributed by atoms with Crippen LogP contribution in [-0.4, -0.2) is 82.0 Å². The maximum absolute atomic E-state index is 12.6. The van der Waals surface area contributed by atoms with Crippen molar-refractivity contribution in [1.29, 1.82) is 0 Å². The van der Waals surface area contributed by atoms with E-state index in [1.807, 2.05) is 6.26 Å². The van der Waals surface area contributed by atoms with Crippen LogP contribution in [-0.2, 0) is 25.6 Å². The first kappa shape index (κ1) is 27.4. The van der Waals surface area contributed by atoms with Crippen LogP contribution in [0.1, 0.15) is 31.4 Å². The van der Waals surface area contributed by atoms with Crippen molar-refractivity contribution in [3.05, 3.63) is 18.2 Å². The van der Waals surface area contributed by atoms with Gasteiger partial charge in [0.05, 0.1) is 18.9 Å². The molecule has 3 unspecified atom stereocenters. The molecular formula is C19H33N7O5S. The summed E-state index contributed by atoms with van der Waals surface area (Å²) in [5, 5.41) is 16.7. The maximum Gasteiger partial charge on any atom is 0.326 e. The molecule has 1 heterocycles. The quantitative estimate of drug-likeness (QED) is 0.137. The molecule has 3 amide bonds. The number of amides is 3. The zero-order valence-electron chi connectivity index (χ0n) is 18.1. The number of hydrogen-bond acceptors (Lipinski definition) is 8.